The van der Waals surface area contributed by atoms with Crippen molar-refractivity contribution in [1.29, 1.82) is 0 Å². The van der Waals surface area contributed by atoms with E-state index in [9.17, 15) is 27.9 Å². The first kappa shape index (κ1) is 30.0. The summed E-state index contributed by atoms with van der Waals surface area (Å²) in [6.07, 6.45) is -4.44. The fraction of sp³-hybridized carbons (Fsp3) is 0.481. The standard InChI is InChI=1S/C27H34F3NO6/c1-4-35-24(25(32)33)17-20-10-12-22(13-11-20)36-16-15-31(14-6-7-19(2)3)26(34)37-23-9-5-8-21(18-23)27(28,29)30/h5,8-13,18-19,24H,4,6-7,14-17H2,1-3H3,(H,32,33). The topological polar surface area (TPSA) is 85.3 Å². The van der Waals surface area contributed by atoms with Crippen molar-refractivity contribution < 1.29 is 42.1 Å². The van der Waals surface area contributed by atoms with Gasteiger partial charge in [-0.25, -0.2) is 9.59 Å². The summed E-state index contributed by atoms with van der Waals surface area (Å²) in [5, 5.41) is 9.23. The molecule has 37 heavy (non-hydrogen) atoms. The third-order valence-corrected chi connectivity index (χ3v) is 5.45. The van der Waals surface area contributed by atoms with Gasteiger partial charge in [0.25, 0.3) is 0 Å². The molecule has 0 saturated heterocycles. The highest BCUT2D eigenvalue weighted by Gasteiger charge is 2.31. The quantitative estimate of drug-likeness (QED) is 0.323. The maximum Gasteiger partial charge on any atom is 0.416 e. The lowest BCUT2D eigenvalue weighted by Crippen LogP contribution is -2.37. The zero-order chi connectivity index (χ0) is 27.4. The minimum atomic E-state index is -4.54. The van der Waals surface area contributed by atoms with Crippen LogP contribution >= 0.6 is 0 Å². The third kappa shape index (κ3) is 10.7. The Morgan fingerprint density at radius 2 is 1.73 bits per heavy atom. The predicted octanol–water partition coefficient (Wildman–Crippen LogP) is 6.05. The Kier molecular flexibility index (Phi) is 11.7. The maximum atomic E-state index is 13.0. The van der Waals surface area contributed by atoms with Crippen molar-refractivity contribution in [2.24, 2.45) is 5.92 Å². The zero-order valence-corrected chi connectivity index (χ0v) is 21.3. The molecule has 7 nitrogen and oxygen atoms in total. The maximum absolute atomic E-state index is 13.0. The number of hydrogen-bond donors (Lipinski definition) is 1. The van der Waals surface area contributed by atoms with E-state index in [4.69, 9.17) is 14.2 Å². The number of rotatable bonds is 14. The number of carbonyl (C=O) groups excluding carboxylic acids is 1. The average Bonchev–Trinajstić information content (AvgIpc) is 2.83. The lowest BCUT2D eigenvalue weighted by molar-refractivity contribution is -0.150. The van der Waals surface area contributed by atoms with Crippen LogP contribution in [-0.2, 0) is 22.1 Å². The minimum Gasteiger partial charge on any atom is -0.492 e. The molecule has 0 saturated carbocycles. The van der Waals surface area contributed by atoms with Gasteiger partial charge in [-0.15, -0.1) is 0 Å². The van der Waals surface area contributed by atoms with Gasteiger partial charge in [-0.05, 0) is 61.6 Å². The number of alkyl halides is 3. The molecule has 0 bridgehead atoms. The first-order chi connectivity index (χ1) is 17.5. The molecule has 0 aliphatic rings. The molecule has 2 aromatic rings. The van der Waals surface area contributed by atoms with E-state index in [1.54, 1.807) is 31.2 Å². The van der Waals surface area contributed by atoms with Gasteiger partial charge in [0.2, 0.25) is 0 Å². The first-order valence-corrected chi connectivity index (χ1v) is 12.2. The van der Waals surface area contributed by atoms with Crippen molar-refractivity contribution in [2.45, 2.75) is 52.3 Å². The minimum absolute atomic E-state index is 0.134. The van der Waals surface area contributed by atoms with Crippen molar-refractivity contribution in [3.63, 3.8) is 0 Å². The highest BCUT2D eigenvalue weighted by Crippen LogP contribution is 2.31. The Balaban J connectivity index is 1.97. The number of carbonyl (C=O) groups is 2. The average molecular weight is 526 g/mol. The molecule has 0 radical (unpaired) electrons. The number of carboxylic acid groups (broad SMARTS) is 1. The van der Waals surface area contributed by atoms with Gasteiger partial charge >= 0.3 is 18.2 Å². The van der Waals surface area contributed by atoms with Crippen LogP contribution in [0.1, 0.15) is 44.7 Å². The van der Waals surface area contributed by atoms with Gasteiger partial charge in [-0.3, -0.25) is 0 Å². The first-order valence-electron chi connectivity index (χ1n) is 12.2. The molecule has 2 rings (SSSR count). The Morgan fingerprint density at radius 3 is 2.32 bits per heavy atom. The zero-order valence-electron chi connectivity index (χ0n) is 21.3. The molecule has 0 aromatic heterocycles. The van der Waals surface area contributed by atoms with Crippen LogP contribution in [0.25, 0.3) is 0 Å². The molecule has 10 heteroatoms. The van der Waals surface area contributed by atoms with E-state index < -0.39 is 29.9 Å². The molecule has 1 unspecified atom stereocenters. The second kappa shape index (κ2) is 14.5. The fourth-order valence-corrected chi connectivity index (χ4v) is 3.51. The second-order valence-corrected chi connectivity index (χ2v) is 8.90. The Labute approximate surface area is 215 Å². The lowest BCUT2D eigenvalue weighted by atomic mass is 10.1. The molecule has 0 aliphatic heterocycles. The number of nitrogens with zero attached hydrogens (tertiary/aromatic N) is 1. The summed E-state index contributed by atoms with van der Waals surface area (Å²) < 4.78 is 55.2. The highest BCUT2D eigenvalue weighted by atomic mass is 19.4. The van der Waals surface area contributed by atoms with Crippen molar-refractivity contribution in [3.8, 4) is 11.5 Å². The number of ether oxygens (including phenoxy) is 3. The number of hydrogen-bond acceptors (Lipinski definition) is 5. The summed E-state index contributed by atoms with van der Waals surface area (Å²) >= 11 is 0. The van der Waals surface area contributed by atoms with E-state index in [1.165, 1.54) is 17.0 Å². The second-order valence-electron chi connectivity index (χ2n) is 8.90. The molecule has 1 N–H and O–H groups in total. The summed E-state index contributed by atoms with van der Waals surface area (Å²) in [5.74, 6) is -0.256. The third-order valence-electron chi connectivity index (χ3n) is 5.45. The molecule has 2 aromatic carbocycles. The molecular formula is C27H34F3NO6. The van der Waals surface area contributed by atoms with Gasteiger partial charge in [0.05, 0.1) is 12.1 Å². The van der Waals surface area contributed by atoms with Gasteiger partial charge in [0, 0.05) is 19.6 Å². The summed E-state index contributed by atoms with van der Waals surface area (Å²) in [4.78, 5) is 25.4. The van der Waals surface area contributed by atoms with Crippen LogP contribution in [0.3, 0.4) is 0 Å². The van der Waals surface area contributed by atoms with Gasteiger partial charge < -0.3 is 24.2 Å². The Hall–Kier alpha value is -3.27. The molecule has 0 heterocycles. The van der Waals surface area contributed by atoms with Gasteiger partial charge in [-0.1, -0.05) is 32.0 Å². The molecular weight excluding hydrogens is 491 g/mol. The van der Waals surface area contributed by atoms with Crippen LogP contribution in [0.2, 0.25) is 0 Å². The van der Waals surface area contributed by atoms with E-state index >= 15 is 0 Å². The summed E-state index contributed by atoms with van der Waals surface area (Å²) in [6.45, 7) is 6.82. The predicted molar refractivity (Wildman–Crippen MR) is 132 cm³/mol. The Bertz CT molecular complexity index is 994. The Morgan fingerprint density at radius 1 is 1.03 bits per heavy atom. The molecule has 0 fully saturated rings. The van der Waals surface area contributed by atoms with Crippen LogP contribution in [-0.4, -0.2) is 54.5 Å². The van der Waals surface area contributed by atoms with Gasteiger partial charge in [0.15, 0.2) is 6.10 Å². The normalized spacial score (nSPS) is 12.3. The number of carboxylic acids is 1. The van der Waals surface area contributed by atoms with Crippen LogP contribution in [0.4, 0.5) is 18.0 Å². The number of halogens is 3. The fourth-order valence-electron chi connectivity index (χ4n) is 3.51. The highest BCUT2D eigenvalue weighted by molar-refractivity contribution is 5.72. The van der Waals surface area contributed by atoms with Crippen molar-refractivity contribution >= 4 is 12.1 Å². The lowest BCUT2D eigenvalue weighted by Gasteiger charge is -2.23. The van der Waals surface area contributed by atoms with Crippen LogP contribution in [0.15, 0.2) is 48.5 Å². The van der Waals surface area contributed by atoms with E-state index in [-0.39, 0.29) is 25.3 Å². The van der Waals surface area contributed by atoms with E-state index in [2.05, 4.69) is 13.8 Å². The molecule has 1 atom stereocenters. The summed E-state index contributed by atoms with van der Waals surface area (Å²) in [7, 11) is 0. The van der Waals surface area contributed by atoms with Gasteiger partial charge in [-0.2, -0.15) is 13.2 Å². The van der Waals surface area contributed by atoms with Crippen LogP contribution in [0, 0.1) is 5.92 Å². The van der Waals surface area contributed by atoms with Crippen molar-refractivity contribution in [3.05, 3.63) is 59.7 Å². The van der Waals surface area contributed by atoms with Crippen molar-refractivity contribution in [1.82, 2.24) is 4.90 Å². The van der Waals surface area contributed by atoms with E-state index in [1.807, 2.05) is 0 Å². The number of aliphatic carboxylic acids is 1. The van der Waals surface area contributed by atoms with Gasteiger partial charge in [0.1, 0.15) is 18.1 Å². The van der Waals surface area contributed by atoms with Crippen LogP contribution < -0.4 is 9.47 Å². The SMILES string of the molecule is CCOC(Cc1ccc(OCCN(CCCC(C)C)C(=O)Oc2cccc(C(F)(F)F)c2)cc1)C(=O)O. The largest absolute Gasteiger partial charge is 0.492 e. The number of amides is 1. The van der Waals surface area contributed by atoms with Crippen LogP contribution in [0.5, 0.6) is 11.5 Å². The van der Waals surface area contributed by atoms with E-state index in [0.717, 1.165) is 24.1 Å². The molecule has 0 spiro atoms. The molecule has 0 aliphatic carbocycles. The van der Waals surface area contributed by atoms with Crippen molar-refractivity contribution in [2.75, 3.05) is 26.3 Å². The summed E-state index contributed by atoms with van der Waals surface area (Å²) in [5.41, 5.74) is -0.125. The summed E-state index contributed by atoms with van der Waals surface area (Å²) in [6, 6.07) is 11.1. The number of benzene rings is 2. The smallest absolute Gasteiger partial charge is 0.416 e. The monoisotopic (exact) mass is 525 g/mol. The molecule has 1 amide bonds. The molecule has 204 valence electrons. The van der Waals surface area contributed by atoms with E-state index in [0.29, 0.717) is 31.2 Å².